The molecule has 0 aromatic heterocycles. The maximum Gasteiger partial charge on any atom is 0.330 e. The third-order valence-corrected chi connectivity index (χ3v) is 6.42. The van der Waals surface area contributed by atoms with Crippen LogP contribution < -0.4 is 4.74 Å². The maximum absolute atomic E-state index is 13.1. The zero-order valence-electron chi connectivity index (χ0n) is 17.8. The monoisotopic (exact) mass is 484 g/mol. The molecule has 0 bridgehead atoms. The van der Waals surface area contributed by atoms with Crippen molar-refractivity contribution in [2.45, 2.75) is 32.1 Å². The smallest absolute Gasteiger partial charge is 0.330 e. The fourth-order valence-electron chi connectivity index (χ4n) is 3.85. The van der Waals surface area contributed by atoms with E-state index in [1.807, 2.05) is 6.92 Å². The number of benzene rings is 2. The van der Waals surface area contributed by atoms with Crippen molar-refractivity contribution in [1.82, 2.24) is 9.80 Å². The highest BCUT2D eigenvalue weighted by atomic mass is 35.5. The molecule has 2 aromatic rings. The number of halogens is 2. The number of ether oxygens (including phenoxy) is 1. The lowest BCUT2D eigenvalue weighted by molar-refractivity contribution is -0.138. The number of rotatable bonds is 8. The quantitative estimate of drug-likeness (QED) is 0.556. The molecule has 3 rings (SSSR count). The molecule has 0 spiro atoms. The van der Waals surface area contributed by atoms with Gasteiger partial charge in [-0.25, -0.2) is 4.39 Å². The Labute approximate surface area is 191 Å². The highest BCUT2D eigenvalue weighted by Gasteiger charge is 2.29. The number of piperazine rings is 1. The molecule has 0 unspecified atom stereocenters. The molecule has 32 heavy (non-hydrogen) atoms. The van der Waals surface area contributed by atoms with Gasteiger partial charge in [-0.15, -0.1) is 0 Å². The standard InChI is InChI=1S/C22H27ClFN2O5P/c1-2-20-13-25(12-16-3-6-19(24)7-4-16)9-10-26(20)22(27)14-31-21-8-5-18(23)11-17(21)15-32(28,29)30/h3-8,11,20H,2,9-10,12-15H2,1H3,(H2,28,29,30)/t20-/m1/s1. The highest BCUT2D eigenvalue weighted by Crippen LogP contribution is 2.42. The van der Waals surface area contributed by atoms with Crippen molar-refractivity contribution < 1.29 is 28.3 Å². The van der Waals surface area contributed by atoms with Gasteiger partial charge in [0, 0.05) is 42.8 Å². The second kappa shape index (κ2) is 10.8. The highest BCUT2D eigenvalue weighted by molar-refractivity contribution is 7.50. The van der Waals surface area contributed by atoms with Crippen molar-refractivity contribution in [3.63, 3.8) is 0 Å². The Balaban J connectivity index is 1.60. The summed E-state index contributed by atoms with van der Waals surface area (Å²) in [5, 5.41) is 0.329. The number of nitrogens with zero attached hydrogens (tertiary/aromatic N) is 2. The summed E-state index contributed by atoms with van der Waals surface area (Å²) in [6.45, 7) is 4.40. The van der Waals surface area contributed by atoms with Gasteiger partial charge >= 0.3 is 7.60 Å². The normalized spacial score (nSPS) is 17.4. The molecule has 1 fully saturated rings. The van der Waals surface area contributed by atoms with Crippen LogP contribution in [-0.2, 0) is 22.1 Å². The fourth-order valence-corrected chi connectivity index (χ4v) is 4.73. The van der Waals surface area contributed by atoms with E-state index in [1.165, 1.54) is 24.3 Å². The van der Waals surface area contributed by atoms with Crippen LogP contribution in [0.3, 0.4) is 0 Å². The van der Waals surface area contributed by atoms with E-state index in [9.17, 15) is 23.5 Å². The molecule has 1 saturated heterocycles. The van der Waals surface area contributed by atoms with Crippen LogP contribution in [0.5, 0.6) is 5.75 Å². The van der Waals surface area contributed by atoms with Crippen LogP contribution >= 0.6 is 19.2 Å². The summed E-state index contributed by atoms with van der Waals surface area (Å²) in [5.74, 6) is -0.218. The van der Waals surface area contributed by atoms with Gasteiger partial charge in [0.15, 0.2) is 6.61 Å². The molecule has 0 radical (unpaired) electrons. The van der Waals surface area contributed by atoms with Gasteiger partial charge in [-0.05, 0) is 42.3 Å². The predicted molar refractivity (Wildman–Crippen MR) is 120 cm³/mol. The van der Waals surface area contributed by atoms with Gasteiger partial charge in [-0.2, -0.15) is 0 Å². The van der Waals surface area contributed by atoms with E-state index in [4.69, 9.17) is 16.3 Å². The Morgan fingerprint density at radius 3 is 2.59 bits per heavy atom. The van der Waals surface area contributed by atoms with Gasteiger partial charge in [-0.1, -0.05) is 30.7 Å². The van der Waals surface area contributed by atoms with Crippen molar-refractivity contribution in [2.24, 2.45) is 0 Å². The summed E-state index contributed by atoms with van der Waals surface area (Å²) in [4.78, 5) is 35.5. The van der Waals surface area contributed by atoms with Crippen molar-refractivity contribution in [2.75, 3.05) is 26.2 Å². The molecule has 1 aliphatic rings. The third-order valence-electron chi connectivity index (χ3n) is 5.43. The zero-order chi connectivity index (χ0) is 23.3. The van der Waals surface area contributed by atoms with Crippen LogP contribution in [0.1, 0.15) is 24.5 Å². The molecule has 10 heteroatoms. The van der Waals surface area contributed by atoms with Crippen LogP contribution in [0.2, 0.25) is 5.02 Å². The lowest BCUT2D eigenvalue weighted by Gasteiger charge is -2.41. The van der Waals surface area contributed by atoms with Crippen molar-refractivity contribution >= 4 is 25.1 Å². The van der Waals surface area contributed by atoms with Gasteiger partial charge in [0.25, 0.3) is 5.91 Å². The molecular formula is C22H27ClFN2O5P. The Morgan fingerprint density at radius 2 is 1.94 bits per heavy atom. The molecular weight excluding hydrogens is 458 g/mol. The van der Waals surface area contributed by atoms with E-state index in [1.54, 1.807) is 23.1 Å². The minimum absolute atomic E-state index is 0.0140. The second-order valence-corrected chi connectivity index (χ2v) is 9.96. The van der Waals surface area contributed by atoms with Gasteiger partial charge in [0.2, 0.25) is 0 Å². The number of carbonyl (C=O) groups excluding carboxylic acids is 1. The minimum atomic E-state index is -4.32. The van der Waals surface area contributed by atoms with Crippen molar-refractivity contribution in [3.05, 3.63) is 64.4 Å². The Hall–Kier alpha value is -1.96. The summed E-state index contributed by atoms with van der Waals surface area (Å²) in [6.07, 6.45) is 0.257. The van der Waals surface area contributed by atoms with E-state index in [0.717, 1.165) is 12.0 Å². The van der Waals surface area contributed by atoms with Gasteiger partial charge in [0.1, 0.15) is 11.6 Å². The van der Waals surface area contributed by atoms with Crippen molar-refractivity contribution in [3.8, 4) is 5.75 Å². The molecule has 1 atom stereocenters. The lowest BCUT2D eigenvalue weighted by atomic mass is 10.1. The Morgan fingerprint density at radius 1 is 1.22 bits per heavy atom. The molecule has 1 amide bonds. The predicted octanol–water partition coefficient (Wildman–Crippen LogP) is 3.66. The zero-order valence-corrected chi connectivity index (χ0v) is 19.4. The summed E-state index contributed by atoms with van der Waals surface area (Å²) in [5.41, 5.74) is 1.28. The molecule has 1 aliphatic heterocycles. The molecule has 1 heterocycles. The van der Waals surface area contributed by atoms with Crippen LogP contribution in [0, 0.1) is 5.82 Å². The van der Waals surface area contributed by atoms with E-state index < -0.39 is 13.8 Å². The van der Waals surface area contributed by atoms with Crippen molar-refractivity contribution in [1.29, 1.82) is 0 Å². The average molecular weight is 485 g/mol. The second-order valence-electron chi connectivity index (χ2n) is 7.87. The Kier molecular flexibility index (Phi) is 8.31. The first-order chi connectivity index (χ1) is 15.1. The number of hydrogen-bond donors (Lipinski definition) is 2. The number of amides is 1. The van der Waals surface area contributed by atoms with Crippen LogP contribution in [-0.4, -0.2) is 57.8 Å². The molecule has 0 saturated carbocycles. The van der Waals surface area contributed by atoms with E-state index in [2.05, 4.69) is 4.90 Å². The molecule has 2 N–H and O–H groups in total. The first-order valence-electron chi connectivity index (χ1n) is 10.4. The topological polar surface area (TPSA) is 90.3 Å². The first kappa shape index (κ1) is 24.7. The number of hydrogen-bond acceptors (Lipinski definition) is 4. The SMILES string of the molecule is CC[C@@H]1CN(Cc2ccc(F)cc2)CCN1C(=O)COc1ccc(Cl)cc1CP(=O)(O)O. The molecule has 0 aliphatic carbocycles. The summed E-state index contributed by atoms with van der Waals surface area (Å²) in [6, 6.07) is 10.9. The van der Waals surface area contributed by atoms with Crippen LogP contribution in [0.15, 0.2) is 42.5 Å². The largest absolute Gasteiger partial charge is 0.483 e. The number of carbonyl (C=O) groups is 1. The van der Waals surface area contributed by atoms with E-state index >= 15 is 0 Å². The molecule has 174 valence electrons. The molecule has 7 nitrogen and oxygen atoms in total. The average Bonchev–Trinajstić information content (AvgIpc) is 2.73. The summed E-state index contributed by atoms with van der Waals surface area (Å²) in [7, 11) is -4.32. The summed E-state index contributed by atoms with van der Waals surface area (Å²) >= 11 is 5.94. The van der Waals surface area contributed by atoms with Gasteiger partial charge in [0.05, 0.1) is 6.16 Å². The first-order valence-corrected chi connectivity index (χ1v) is 12.5. The third kappa shape index (κ3) is 7.02. The van der Waals surface area contributed by atoms with Crippen LogP contribution in [0.25, 0.3) is 0 Å². The molecule has 2 aromatic carbocycles. The van der Waals surface area contributed by atoms with E-state index in [-0.39, 0.29) is 35.7 Å². The lowest BCUT2D eigenvalue weighted by Crippen LogP contribution is -2.55. The minimum Gasteiger partial charge on any atom is -0.483 e. The van der Waals surface area contributed by atoms with E-state index in [0.29, 0.717) is 31.2 Å². The fraction of sp³-hybridized carbons (Fsp3) is 0.409. The van der Waals surface area contributed by atoms with Gasteiger partial charge in [-0.3, -0.25) is 14.3 Å². The van der Waals surface area contributed by atoms with Gasteiger partial charge < -0.3 is 19.4 Å². The van der Waals surface area contributed by atoms with Crippen LogP contribution in [0.4, 0.5) is 4.39 Å². The summed E-state index contributed by atoms with van der Waals surface area (Å²) < 4.78 is 30.2. The maximum atomic E-state index is 13.1. The Bertz CT molecular complexity index is 985.